The number of aliphatic hydroxyl groups is 1. The Morgan fingerprint density at radius 2 is 2.35 bits per heavy atom. The molecule has 0 aliphatic carbocycles. The van der Waals surface area contributed by atoms with Crippen molar-refractivity contribution < 1.29 is 9.90 Å². The van der Waals surface area contributed by atoms with Crippen LogP contribution in [0.5, 0.6) is 0 Å². The highest BCUT2D eigenvalue weighted by molar-refractivity contribution is 5.92. The molecule has 1 unspecified atom stereocenters. The van der Waals surface area contributed by atoms with Crippen LogP contribution >= 0.6 is 0 Å². The predicted molar refractivity (Wildman–Crippen MR) is 76.7 cm³/mol. The molecule has 110 valence electrons. The number of carbonyl (C=O) groups is 1. The third-order valence-corrected chi connectivity index (χ3v) is 3.60. The van der Waals surface area contributed by atoms with Gasteiger partial charge in [0.05, 0.1) is 0 Å². The molecule has 6 nitrogen and oxygen atoms in total. The molecular weight excluding hydrogens is 256 g/mol. The number of hydrogen-bond acceptors (Lipinski definition) is 5. The largest absolute Gasteiger partial charge is 0.396 e. The summed E-state index contributed by atoms with van der Waals surface area (Å²) >= 11 is 0. The van der Waals surface area contributed by atoms with Crippen LogP contribution in [0.2, 0.25) is 0 Å². The number of anilines is 1. The monoisotopic (exact) mass is 278 g/mol. The number of aliphatic hydroxyl groups excluding tert-OH is 1. The van der Waals surface area contributed by atoms with E-state index in [1.807, 2.05) is 13.0 Å². The molecule has 1 saturated heterocycles. The molecule has 2 N–H and O–H groups in total. The maximum absolute atomic E-state index is 11.6. The van der Waals surface area contributed by atoms with E-state index >= 15 is 0 Å². The van der Waals surface area contributed by atoms with Crippen molar-refractivity contribution in [2.24, 2.45) is 5.92 Å². The second-order valence-corrected chi connectivity index (χ2v) is 5.10. The molecule has 0 aromatic carbocycles. The minimum absolute atomic E-state index is 0.191. The lowest BCUT2D eigenvalue weighted by Gasteiger charge is -2.33. The van der Waals surface area contributed by atoms with Crippen LogP contribution in [0.15, 0.2) is 12.1 Å². The van der Waals surface area contributed by atoms with Crippen molar-refractivity contribution in [2.45, 2.75) is 26.2 Å². The molecule has 0 saturated carbocycles. The second kappa shape index (κ2) is 7.19. The van der Waals surface area contributed by atoms with E-state index in [0.29, 0.717) is 18.2 Å². The van der Waals surface area contributed by atoms with Crippen LogP contribution in [0.25, 0.3) is 0 Å². The van der Waals surface area contributed by atoms with Gasteiger partial charge in [0.15, 0.2) is 11.5 Å². The molecule has 2 heterocycles. The van der Waals surface area contributed by atoms with Gasteiger partial charge in [-0.2, -0.15) is 0 Å². The molecule has 1 aromatic rings. The first kappa shape index (κ1) is 14.7. The molecule has 1 aromatic heterocycles. The third-order valence-electron chi connectivity index (χ3n) is 3.60. The number of rotatable bonds is 5. The smallest absolute Gasteiger partial charge is 0.271 e. The van der Waals surface area contributed by atoms with Gasteiger partial charge in [0, 0.05) is 26.2 Å². The Hall–Kier alpha value is -1.69. The van der Waals surface area contributed by atoms with Gasteiger partial charge in [-0.05, 0) is 44.2 Å². The fourth-order valence-electron chi connectivity index (χ4n) is 2.56. The van der Waals surface area contributed by atoms with Crippen molar-refractivity contribution in [1.82, 2.24) is 15.5 Å². The molecule has 0 spiro atoms. The first-order valence-corrected chi connectivity index (χ1v) is 7.22. The Balaban J connectivity index is 2.00. The quantitative estimate of drug-likeness (QED) is 0.834. The molecule has 1 amide bonds. The first-order chi connectivity index (χ1) is 9.74. The van der Waals surface area contributed by atoms with Gasteiger partial charge in [-0.3, -0.25) is 4.79 Å². The lowest BCUT2D eigenvalue weighted by Crippen LogP contribution is -2.36. The fraction of sp³-hybridized carbons (Fsp3) is 0.643. The number of hydrogen-bond donors (Lipinski definition) is 2. The third kappa shape index (κ3) is 3.66. The first-order valence-electron chi connectivity index (χ1n) is 7.22. The number of nitrogens with one attached hydrogen (secondary N) is 1. The van der Waals surface area contributed by atoms with Crippen molar-refractivity contribution in [1.29, 1.82) is 0 Å². The van der Waals surface area contributed by atoms with Gasteiger partial charge in [-0.25, -0.2) is 0 Å². The average molecular weight is 278 g/mol. The predicted octanol–water partition coefficient (Wildman–Crippen LogP) is 0.825. The SMILES string of the molecule is CCNC(=O)c1ccc(N2CCCC(CCO)C2)nn1. The lowest BCUT2D eigenvalue weighted by molar-refractivity contribution is 0.0950. The zero-order valence-electron chi connectivity index (χ0n) is 11.9. The zero-order valence-corrected chi connectivity index (χ0v) is 11.9. The van der Waals surface area contributed by atoms with Crippen molar-refractivity contribution in [3.05, 3.63) is 17.8 Å². The van der Waals surface area contributed by atoms with E-state index in [2.05, 4.69) is 20.4 Å². The summed E-state index contributed by atoms with van der Waals surface area (Å²) in [5.74, 6) is 1.13. The minimum Gasteiger partial charge on any atom is -0.396 e. The number of carbonyl (C=O) groups excluding carboxylic acids is 1. The second-order valence-electron chi connectivity index (χ2n) is 5.10. The van der Waals surface area contributed by atoms with Crippen LogP contribution in [0.3, 0.4) is 0 Å². The van der Waals surface area contributed by atoms with E-state index in [1.54, 1.807) is 6.07 Å². The fourth-order valence-corrected chi connectivity index (χ4v) is 2.56. The molecule has 0 radical (unpaired) electrons. The van der Waals surface area contributed by atoms with E-state index in [0.717, 1.165) is 38.2 Å². The van der Waals surface area contributed by atoms with Gasteiger partial charge in [-0.1, -0.05) is 0 Å². The highest BCUT2D eigenvalue weighted by Gasteiger charge is 2.21. The standard InChI is InChI=1S/C14H22N4O2/c1-2-15-14(20)12-5-6-13(17-16-12)18-8-3-4-11(10-18)7-9-19/h5-6,11,19H,2-4,7-10H2,1H3,(H,15,20). The van der Waals surface area contributed by atoms with Crippen LogP contribution in [-0.2, 0) is 0 Å². The van der Waals surface area contributed by atoms with Gasteiger partial charge in [-0.15, -0.1) is 10.2 Å². The Morgan fingerprint density at radius 1 is 1.50 bits per heavy atom. The van der Waals surface area contributed by atoms with E-state index < -0.39 is 0 Å². The number of amides is 1. The van der Waals surface area contributed by atoms with Gasteiger partial charge in [0.25, 0.3) is 5.91 Å². The minimum atomic E-state index is -0.191. The number of nitrogens with zero attached hydrogens (tertiary/aromatic N) is 3. The number of aromatic nitrogens is 2. The van der Waals surface area contributed by atoms with Crippen molar-refractivity contribution >= 4 is 11.7 Å². The maximum Gasteiger partial charge on any atom is 0.271 e. The highest BCUT2D eigenvalue weighted by Crippen LogP contribution is 2.23. The Labute approximate surface area is 119 Å². The van der Waals surface area contributed by atoms with Gasteiger partial charge < -0.3 is 15.3 Å². The molecule has 1 aliphatic heterocycles. The van der Waals surface area contributed by atoms with E-state index in [9.17, 15) is 4.79 Å². The summed E-state index contributed by atoms with van der Waals surface area (Å²) in [7, 11) is 0. The molecule has 1 aliphatic rings. The van der Waals surface area contributed by atoms with Crippen LogP contribution < -0.4 is 10.2 Å². The van der Waals surface area contributed by atoms with E-state index in [1.165, 1.54) is 0 Å². The molecule has 1 fully saturated rings. The summed E-state index contributed by atoms with van der Waals surface area (Å²) in [6.07, 6.45) is 3.09. The van der Waals surface area contributed by atoms with E-state index in [-0.39, 0.29) is 12.5 Å². The van der Waals surface area contributed by atoms with Crippen molar-refractivity contribution in [2.75, 3.05) is 31.1 Å². The van der Waals surface area contributed by atoms with Crippen molar-refractivity contribution in [3.8, 4) is 0 Å². The molecule has 2 rings (SSSR count). The Kier molecular flexibility index (Phi) is 5.29. The van der Waals surface area contributed by atoms with Gasteiger partial charge in [0.2, 0.25) is 0 Å². The van der Waals surface area contributed by atoms with Crippen LogP contribution in [0.4, 0.5) is 5.82 Å². The summed E-state index contributed by atoms with van der Waals surface area (Å²) in [4.78, 5) is 13.8. The molecule has 0 bridgehead atoms. The van der Waals surface area contributed by atoms with E-state index in [4.69, 9.17) is 5.11 Å². The molecule has 6 heteroatoms. The van der Waals surface area contributed by atoms with Crippen LogP contribution in [-0.4, -0.2) is 47.5 Å². The molecular formula is C14H22N4O2. The zero-order chi connectivity index (χ0) is 14.4. The van der Waals surface area contributed by atoms with Crippen LogP contribution in [0.1, 0.15) is 36.7 Å². The van der Waals surface area contributed by atoms with Crippen molar-refractivity contribution in [3.63, 3.8) is 0 Å². The van der Waals surface area contributed by atoms with Gasteiger partial charge >= 0.3 is 0 Å². The highest BCUT2D eigenvalue weighted by atomic mass is 16.3. The van der Waals surface area contributed by atoms with Gasteiger partial charge in [0.1, 0.15) is 0 Å². The Bertz CT molecular complexity index is 433. The maximum atomic E-state index is 11.6. The molecule has 1 atom stereocenters. The summed E-state index contributed by atoms with van der Waals surface area (Å²) in [6, 6.07) is 3.56. The lowest BCUT2D eigenvalue weighted by atomic mass is 9.95. The summed E-state index contributed by atoms with van der Waals surface area (Å²) in [5, 5.41) is 19.9. The summed E-state index contributed by atoms with van der Waals surface area (Å²) < 4.78 is 0. The topological polar surface area (TPSA) is 78.4 Å². The summed E-state index contributed by atoms with van der Waals surface area (Å²) in [5.41, 5.74) is 0.347. The summed E-state index contributed by atoms with van der Waals surface area (Å²) in [6.45, 7) is 4.54. The normalized spacial score (nSPS) is 18.9. The average Bonchev–Trinajstić information content (AvgIpc) is 2.48. The number of piperidine rings is 1. The Morgan fingerprint density at radius 3 is 3.00 bits per heavy atom. The molecule has 20 heavy (non-hydrogen) atoms. The van der Waals surface area contributed by atoms with Crippen LogP contribution in [0, 0.1) is 5.92 Å².